The summed E-state index contributed by atoms with van der Waals surface area (Å²) >= 11 is 3.14. The second-order valence-electron chi connectivity index (χ2n) is 3.32. The molecule has 0 aliphatic heterocycles. The molecule has 0 aliphatic rings. The molecule has 0 atom stereocenters. The van der Waals surface area contributed by atoms with Crippen molar-refractivity contribution in [2.24, 2.45) is 0 Å². The number of hydrogen-bond acceptors (Lipinski definition) is 3. The topological polar surface area (TPSA) is 63.1 Å². The molecule has 0 saturated heterocycles. The molecule has 74 valence electrons. The predicted octanol–water partition coefficient (Wildman–Crippen LogP) is 1.30. The van der Waals surface area contributed by atoms with Crippen LogP contribution in [0, 0.1) is 0 Å². The van der Waals surface area contributed by atoms with E-state index >= 15 is 0 Å². The Hall–Kier alpha value is -1.17. The summed E-state index contributed by atoms with van der Waals surface area (Å²) in [6.07, 6.45) is 1.68. The lowest BCUT2D eigenvalue weighted by Gasteiger charge is -2.00. The minimum absolute atomic E-state index is 0.284. The average Bonchev–Trinajstić information content (AvgIpc) is 2.47. The fraction of sp³-hybridized carbons (Fsp3) is 0.375. The number of aromatic amines is 1. The third kappa shape index (κ3) is 1.35. The van der Waals surface area contributed by atoms with Crippen LogP contribution in [0.25, 0.3) is 5.65 Å². The summed E-state index contributed by atoms with van der Waals surface area (Å²) in [5.41, 5.74) is 1.29. The quantitative estimate of drug-likeness (QED) is 0.837. The smallest absolute Gasteiger partial charge is 0.284 e. The van der Waals surface area contributed by atoms with E-state index in [-0.39, 0.29) is 5.69 Å². The van der Waals surface area contributed by atoms with Crippen molar-refractivity contribution in [2.45, 2.75) is 19.8 Å². The van der Waals surface area contributed by atoms with Gasteiger partial charge in [-0.15, -0.1) is 0 Å². The van der Waals surface area contributed by atoms with Crippen molar-refractivity contribution in [1.82, 2.24) is 19.6 Å². The molecular formula is C8H9BrN4O. The van der Waals surface area contributed by atoms with Crippen molar-refractivity contribution in [3.63, 3.8) is 0 Å². The molecule has 0 spiro atoms. The molecule has 0 bridgehead atoms. The Balaban J connectivity index is 2.85. The normalized spacial score (nSPS) is 11.4. The van der Waals surface area contributed by atoms with E-state index in [4.69, 9.17) is 0 Å². The standard InChI is InChI=1S/C8H9BrN4O/c1-4(2)5-3-10-13-6(5)11-7(9)12-8(13)14/h3-4H,1-2H3,(H,11,12,14). The molecule has 0 aromatic carbocycles. The summed E-state index contributed by atoms with van der Waals surface area (Å²) in [4.78, 5) is 18.1. The van der Waals surface area contributed by atoms with E-state index in [1.807, 2.05) is 13.8 Å². The first kappa shape index (κ1) is 9.39. The van der Waals surface area contributed by atoms with Crippen LogP contribution in [0.3, 0.4) is 0 Å². The molecule has 1 N–H and O–H groups in total. The molecule has 2 heterocycles. The maximum atomic E-state index is 11.4. The van der Waals surface area contributed by atoms with Crippen molar-refractivity contribution < 1.29 is 0 Å². The largest absolute Gasteiger partial charge is 0.350 e. The third-order valence-electron chi connectivity index (χ3n) is 2.00. The lowest BCUT2D eigenvalue weighted by molar-refractivity contribution is 0.824. The first-order chi connectivity index (χ1) is 6.59. The Kier molecular flexibility index (Phi) is 2.14. The van der Waals surface area contributed by atoms with Gasteiger partial charge in [-0.1, -0.05) is 13.8 Å². The number of fused-ring (bicyclic) bond motifs is 1. The minimum atomic E-state index is -0.284. The van der Waals surface area contributed by atoms with Crippen LogP contribution in [0.4, 0.5) is 0 Å². The van der Waals surface area contributed by atoms with Crippen LogP contribution < -0.4 is 5.69 Å². The van der Waals surface area contributed by atoms with Crippen LogP contribution in [0.2, 0.25) is 0 Å². The van der Waals surface area contributed by atoms with E-state index in [9.17, 15) is 4.79 Å². The summed E-state index contributed by atoms with van der Waals surface area (Å²) in [7, 11) is 0. The van der Waals surface area contributed by atoms with Gasteiger partial charge in [-0.2, -0.15) is 9.61 Å². The Morgan fingerprint density at radius 1 is 1.57 bits per heavy atom. The van der Waals surface area contributed by atoms with Gasteiger partial charge in [-0.3, -0.25) is 4.98 Å². The zero-order valence-corrected chi connectivity index (χ0v) is 9.37. The highest BCUT2D eigenvalue weighted by Crippen LogP contribution is 2.17. The summed E-state index contributed by atoms with van der Waals surface area (Å²) in [5.74, 6) is 0.300. The van der Waals surface area contributed by atoms with E-state index in [1.54, 1.807) is 6.20 Å². The van der Waals surface area contributed by atoms with E-state index < -0.39 is 0 Å². The van der Waals surface area contributed by atoms with Crippen LogP contribution >= 0.6 is 15.9 Å². The molecule has 0 saturated carbocycles. The third-order valence-corrected chi connectivity index (χ3v) is 2.38. The van der Waals surface area contributed by atoms with E-state index in [0.717, 1.165) is 5.56 Å². The molecule has 0 amide bonds. The van der Waals surface area contributed by atoms with Crippen LogP contribution in [0.15, 0.2) is 15.7 Å². The van der Waals surface area contributed by atoms with Crippen molar-refractivity contribution in [1.29, 1.82) is 0 Å². The maximum Gasteiger partial charge on any atom is 0.350 e. The highest BCUT2D eigenvalue weighted by atomic mass is 79.9. The number of nitrogens with zero attached hydrogens (tertiary/aromatic N) is 3. The maximum absolute atomic E-state index is 11.4. The van der Waals surface area contributed by atoms with Gasteiger partial charge in [0.15, 0.2) is 10.4 Å². The molecule has 2 rings (SSSR count). The van der Waals surface area contributed by atoms with Crippen LogP contribution in [0.5, 0.6) is 0 Å². The molecule has 14 heavy (non-hydrogen) atoms. The fourth-order valence-corrected chi connectivity index (χ4v) is 1.62. The van der Waals surface area contributed by atoms with Crippen molar-refractivity contribution in [3.05, 3.63) is 27.0 Å². The number of rotatable bonds is 1. The molecular weight excluding hydrogens is 248 g/mol. The van der Waals surface area contributed by atoms with Gasteiger partial charge >= 0.3 is 5.69 Å². The molecule has 5 nitrogen and oxygen atoms in total. The number of aromatic nitrogens is 4. The minimum Gasteiger partial charge on any atom is -0.284 e. The second-order valence-corrected chi connectivity index (χ2v) is 4.07. The SMILES string of the molecule is CC(C)c1cnn2c(=O)[nH]c(Br)nc12. The molecule has 2 aromatic rings. The lowest BCUT2D eigenvalue weighted by Crippen LogP contribution is -2.18. The van der Waals surface area contributed by atoms with Crippen LogP contribution in [-0.2, 0) is 0 Å². The average molecular weight is 257 g/mol. The Bertz CT molecular complexity index is 528. The number of halogens is 1. The summed E-state index contributed by atoms with van der Waals surface area (Å²) in [5, 5.41) is 3.97. The Labute approximate surface area is 88.3 Å². The Morgan fingerprint density at radius 2 is 2.29 bits per heavy atom. The summed E-state index contributed by atoms with van der Waals surface area (Å²) < 4.78 is 1.69. The van der Waals surface area contributed by atoms with Gasteiger partial charge in [-0.05, 0) is 21.8 Å². The molecule has 0 radical (unpaired) electrons. The summed E-state index contributed by atoms with van der Waals surface area (Å²) in [6.45, 7) is 4.07. The van der Waals surface area contributed by atoms with Crippen LogP contribution in [0.1, 0.15) is 25.3 Å². The molecule has 6 heteroatoms. The first-order valence-electron chi connectivity index (χ1n) is 4.23. The molecule has 0 unspecified atom stereocenters. The predicted molar refractivity (Wildman–Crippen MR) is 55.4 cm³/mol. The number of hydrogen-bond donors (Lipinski definition) is 1. The molecule has 2 aromatic heterocycles. The van der Waals surface area contributed by atoms with Gasteiger partial charge < -0.3 is 0 Å². The van der Waals surface area contributed by atoms with Gasteiger partial charge in [0.2, 0.25) is 0 Å². The monoisotopic (exact) mass is 256 g/mol. The van der Waals surface area contributed by atoms with Gasteiger partial charge in [0.05, 0.1) is 6.20 Å². The lowest BCUT2D eigenvalue weighted by atomic mass is 10.1. The van der Waals surface area contributed by atoms with Gasteiger partial charge in [-0.25, -0.2) is 9.78 Å². The summed E-state index contributed by atoms with van der Waals surface area (Å²) in [6, 6.07) is 0. The fourth-order valence-electron chi connectivity index (χ4n) is 1.28. The van der Waals surface area contributed by atoms with E-state index in [1.165, 1.54) is 4.52 Å². The first-order valence-corrected chi connectivity index (χ1v) is 5.02. The van der Waals surface area contributed by atoms with E-state index in [0.29, 0.717) is 16.3 Å². The molecule has 0 aliphatic carbocycles. The van der Waals surface area contributed by atoms with Gasteiger partial charge in [0.25, 0.3) is 0 Å². The van der Waals surface area contributed by atoms with E-state index in [2.05, 4.69) is 31.0 Å². The van der Waals surface area contributed by atoms with Gasteiger partial charge in [0, 0.05) is 5.56 Å². The van der Waals surface area contributed by atoms with Gasteiger partial charge in [0.1, 0.15) is 0 Å². The number of nitrogens with one attached hydrogen (secondary N) is 1. The van der Waals surface area contributed by atoms with Crippen LogP contribution in [-0.4, -0.2) is 19.6 Å². The highest BCUT2D eigenvalue weighted by molar-refractivity contribution is 9.10. The van der Waals surface area contributed by atoms with Crippen molar-refractivity contribution in [3.8, 4) is 0 Å². The zero-order valence-electron chi connectivity index (χ0n) is 7.78. The Morgan fingerprint density at radius 3 is 2.93 bits per heavy atom. The number of H-pyrrole nitrogens is 1. The molecule has 0 fully saturated rings. The van der Waals surface area contributed by atoms with Crippen molar-refractivity contribution in [2.75, 3.05) is 0 Å². The zero-order chi connectivity index (χ0) is 10.3. The second kappa shape index (κ2) is 3.20. The van der Waals surface area contributed by atoms with Crippen molar-refractivity contribution >= 4 is 21.6 Å². The highest BCUT2D eigenvalue weighted by Gasteiger charge is 2.11.